The Kier molecular flexibility index (Phi) is 4.63. The number of aromatic nitrogens is 2. The van der Waals surface area contributed by atoms with Gasteiger partial charge < -0.3 is 9.88 Å². The van der Waals surface area contributed by atoms with Gasteiger partial charge in [0.1, 0.15) is 0 Å². The second-order valence-electron chi connectivity index (χ2n) is 5.58. The predicted molar refractivity (Wildman–Crippen MR) is 92.6 cm³/mol. The van der Waals surface area contributed by atoms with Crippen molar-refractivity contribution in [2.75, 3.05) is 6.54 Å². The first-order valence-corrected chi connectivity index (χ1v) is 7.91. The number of hydrogen-bond donors (Lipinski definition) is 1. The fraction of sp³-hybridized carbons (Fsp3) is 0.222. The Morgan fingerprint density at radius 3 is 2.70 bits per heavy atom. The third kappa shape index (κ3) is 3.90. The minimum Gasteiger partial charge on any atom is -0.355 e. The van der Waals surface area contributed by atoms with Crippen molar-refractivity contribution in [2.45, 2.75) is 12.8 Å². The van der Waals surface area contributed by atoms with Gasteiger partial charge in [-0.05, 0) is 41.8 Å². The van der Waals surface area contributed by atoms with Crippen LogP contribution in [0.15, 0.2) is 48.8 Å². The van der Waals surface area contributed by atoms with Crippen molar-refractivity contribution in [3.8, 4) is 0 Å². The van der Waals surface area contributed by atoms with Crippen LogP contribution in [0, 0.1) is 0 Å². The Hall–Kier alpha value is -2.33. The third-order valence-electron chi connectivity index (χ3n) is 3.80. The summed E-state index contributed by atoms with van der Waals surface area (Å²) in [4.78, 5) is 16.3. The maximum Gasteiger partial charge on any atom is 0.224 e. The highest BCUT2D eigenvalue weighted by molar-refractivity contribution is 6.30. The van der Waals surface area contributed by atoms with Crippen LogP contribution in [0.1, 0.15) is 11.1 Å². The molecule has 0 atom stereocenters. The summed E-state index contributed by atoms with van der Waals surface area (Å²) in [5, 5.41) is 3.63. The second kappa shape index (κ2) is 6.84. The number of imidazole rings is 1. The van der Waals surface area contributed by atoms with E-state index in [1.54, 1.807) is 12.1 Å². The van der Waals surface area contributed by atoms with Gasteiger partial charge in [-0.25, -0.2) is 4.98 Å². The summed E-state index contributed by atoms with van der Waals surface area (Å²) in [6.45, 7) is 0.616. The molecule has 1 N–H and O–H groups in total. The molecule has 0 aliphatic heterocycles. The van der Waals surface area contributed by atoms with E-state index in [4.69, 9.17) is 11.6 Å². The van der Waals surface area contributed by atoms with Crippen LogP contribution in [0.4, 0.5) is 0 Å². The molecule has 1 aromatic heterocycles. The number of rotatable bonds is 5. The minimum absolute atomic E-state index is 0.0197. The molecule has 0 unspecified atom stereocenters. The fourth-order valence-corrected chi connectivity index (χ4v) is 2.66. The molecule has 0 spiro atoms. The minimum atomic E-state index is 0.0197. The highest BCUT2D eigenvalue weighted by Crippen LogP contribution is 2.14. The first kappa shape index (κ1) is 15.6. The zero-order valence-corrected chi connectivity index (χ0v) is 13.7. The van der Waals surface area contributed by atoms with E-state index in [1.807, 2.05) is 30.1 Å². The van der Waals surface area contributed by atoms with Crippen molar-refractivity contribution in [3.05, 3.63) is 64.9 Å². The van der Waals surface area contributed by atoms with Gasteiger partial charge in [0.2, 0.25) is 5.91 Å². The number of hydrogen-bond acceptors (Lipinski definition) is 2. The highest BCUT2D eigenvalue weighted by Gasteiger charge is 2.04. The van der Waals surface area contributed by atoms with Crippen LogP contribution >= 0.6 is 11.6 Å². The number of nitrogens with zero attached hydrogens (tertiary/aromatic N) is 2. The average molecular weight is 328 g/mol. The van der Waals surface area contributed by atoms with Crippen LogP contribution in [-0.2, 0) is 24.7 Å². The molecule has 3 rings (SSSR count). The van der Waals surface area contributed by atoms with Crippen LogP contribution in [0.3, 0.4) is 0 Å². The molecule has 4 nitrogen and oxygen atoms in total. The van der Waals surface area contributed by atoms with Crippen LogP contribution < -0.4 is 5.32 Å². The Bertz CT molecular complexity index is 824. The molecule has 3 aromatic rings. The van der Waals surface area contributed by atoms with E-state index in [0.717, 1.165) is 23.0 Å². The molecule has 0 bridgehead atoms. The molecule has 0 fully saturated rings. The molecule has 0 aliphatic rings. The number of carbonyl (C=O) groups is 1. The topological polar surface area (TPSA) is 46.9 Å². The quantitative estimate of drug-likeness (QED) is 0.782. The van der Waals surface area contributed by atoms with Gasteiger partial charge in [0.25, 0.3) is 0 Å². The third-order valence-corrected chi connectivity index (χ3v) is 4.06. The van der Waals surface area contributed by atoms with E-state index in [0.29, 0.717) is 18.0 Å². The Labute approximate surface area is 140 Å². The lowest BCUT2D eigenvalue weighted by Crippen LogP contribution is -2.27. The summed E-state index contributed by atoms with van der Waals surface area (Å²) in [5.41, 5.74) is 4.22. The number of amides is 1. The molecular weight excluding hydrogens is 310 g/mol. The standard InChI is InChI=1S/C18H18ClN3O/c1-22-12-21-16-10-14(4-7-17(16)22)8-9-20-18(23)11-13-2-5-15(19)6-3-13/h2-7,10,12H,8-9,11H2,1H3,(H,20,23). The molecule has 0 saturated carbocycles. The average Bonchev–Trinajstić information content (AvgIpc) is 2.90. The SMILES string of the molecule is Cn1cnc2cc(CCNC(=O)Cc3ccc(Cl)cc3)ccc21. The first-order valence-electron chi connectivity index (χ1n) is 7.53. The van der Waals surface area contributed by atoms with Gasteiger partial charge in [-0.2, -0.15) is 0 Å². The Balaban J connectivity index is 1.51. The zero-order chi connectivity index (χ0) is 16.2. The number of aryl methyl sites for hydroxylation is 1. The summed E-state index contributed by atoms with van der Waals surface area (Å²) in [7, 11) is 1.98. The Morgan fingerprint density at radius 2 is 1.91 bits per heavy atom. The molecule has 0 saturated heterocycles. The van der Waals surface area contributed by atoms with Crippen molar-refractivity contribution in [3.63, 3.8) is 0 Å². The summed E-state index contributed by atoms with van der Waals surface area (Å²) in [6, 6.07) is 13.6. The van der Waals surface area contributed by atoms with Gasteiger partial charge in [0.05, 0.1) is 23.8 Å². The van der Waals surface area contributed by atoms with Crippen LogP contribution in [0.5, 0.6) is 0 Å². The van der Waals surface area contributed by atoms with Gasteiger partial charge in [-0.1, -0.05) is 29.8 Å². The largest absolute Gasteiger partial charge is 0.355 e. The lowest BCUT2D eigenvalue weighted by Gasteiger charge is -2.06. The predicted octanol–water partition coefficient (Wildman–Crippen LogP) is 3.13. The monoisotopic (exact) mass is 327 g/mol. The fourth-order valence-electron chi connectivity index (χ4n) is 2.53. The smallest absolute Gasteiger partial charge is 0.224 e. The van der Waals surface area contributed by atoms with Crippen molar-refractivity contribution in [2.24, 2.45) is 7.05 Å². The molecule has 1 heterocycles. The molecule has 0 radical (unpaired) electrons. The normalized spacial score (nSPS) is 10.9. The molecule has 2 aromatic carbocycles. The lowest BCUT2D eigenvalue weighted by molar-refractivity contribution is -0.120. The Morgan fingerprint density at radius 1 is 1.17 bits per heavy atom. The van der Waals surface area contributed by atoms with E-state index in [-0.39, 0.29) is 5.91 Å². The first-order chi connectivity index (χ1) is 11.1. The lowest BCUT2D eigenvalue weighted by atomic mass is 10.1. The van der Waals surface area contributed by atoms with Gasteiger partial charge in [-0.15, -0.1) is 0 Å². The van der Waals surface area contributed by atoms with Crippen LogP contribution in [0.2, 0.25) is 5.02 Å². The van der Waals surface area contributed by atoms with E-state index in [2.05, 4.69) is 28.5 Å². The van der Waals surface area contributed by atoms with Gasteiger partial charge in [0.15, 0.2) is 0 Å². The van der Waals surface area contributed by atoms with Crippen molar-refractivity contribution >= 4 is 28.5 Å². The zero-order valence-electron chi connectivity index (χ0n) is 12.9. The van der Waals surface area contributed by atoms with E-state index in [9.17, 15) is 4.79 Å². The van der Waals surface area contributed by atoms with Crippen LogP contribution in [-0.4, -0.2) is 22.0 Å². The van der Waals surface area contributed by atoms with E-state index >= 15 is 0 Å². The summed E-state index contributed by atoms with van der Waals surface area (Å²) in [6.07, 6.45) is 2.97. The maximum atomic E-state index is 11.9. The number of halogens is 1. The van der Waals surface area contributed by atoms with Crippen molar-refractivity contribution in [1.82, 2.24) is 14.9 Å². The van der Waals surface area contributed by atoms with Gasteiger partial charge in [0, 0.05) is 18.6 Å². The number of fused-ring (bicyclic) bond motifs is 1. The number of nitrogens with one attached hydrogen (secondary N) is 1. The number of benzene rings is 2. The van der Waals surface area contributed by atoms with E-state index < -0.39 is 0 Å². The molecule has 23 heavy (non-hydrogen) atoms. The summed E-state index contributed by atoms with van der Waals surface area (Å²) in [5.74, 6) is 0.0197. The highest BCUT2D eigenvalue weighted by atomic mass is 35.5. The maximum absolute atomic E-state index is 11.9. The van der Waals surface area contributed by atoms with Crippen LogP contribution in [0.25, 0.3) is 11.0 Å². The van der Waals surface area contributed by atoms with E-state index in [1.165, 1.54) is 5.56 Å². The molecule has 1 amide bonds. The number of carbonyl (C=O) groups excluding carboxylic acids is 1. The van der Waals surface area contributed by atoms with Gasteiger partial charge >= 0.3 is 0 Å². The second-order valence-corrected chi connectivity index (χ2v) is 6.02. The van der Waals surface area contributed by atoms with Gasteiger partial charge in [-0.3, -0.25) is 4.79 Å². The molecule has 5 heteroatoms. The summed E-state index contributed by atoms with van der Waals surface area (Å²) >= 11 is 5.84. The van der Waals surface area contributed by atoms with Crippen molar-refractivity contribution in [1.29, 1.82) is 0 Å². The summed E-state index contributed by atoms with van der Waals surface area (Å²) < 4.78 is 1.99. The molecule has 118 valence electrons. The molecular formula is C18H18ClN3O. The van der Waals surface area contributed by atoms with Crippen molar-refractivity contribution < 1.29 is 4.79 Å². The molecule has 0 aliphatic carbocycles.